The highest BCUT2D eigenvalue weighted by Gasteiger charge is 2.60. The minimum Gasteiger partial charge on any atom is -0.329 e. The Balaban J connectivity index is 1.46. The van der Waals surface area contributed by atoms with Crippen molar-refractivity contribution < 1.29 is 9.59 Å². The lowest BCUT2D eigenvalue weighted by Crippen LogP contribution is -2.67. The molecule has 4 aliphatic rings. The van der Waals surface area contributed by atoms with Crippen LogP contribution < -0.4 is 0 Å². The van der Waals surface area contributed by atoms with Crippen LogP contribution in [0, 0.1) is 17.8 Å². The summed E-state index contributed by atoms with van der Waals surface area (Å²) in [6.07, 6.45) is 7.34. The summed E-state index contributed by atoms with van der Waals surface area (Å²) in [6, 6.07) is 15.5. The van der Waals surface area contributed by atoms with Crippen molar-refractivity contribution in [3.63, 3.8) is 0 Å². The first kappa shape index (κ1) is 24.4. The van der Waals surface area contributed by atoms with Crippen LogP contribution in [0.2, 0.25) is 0 Å². The summed E-state index contributed by atoms with van der Waals surface area (Å²) in [6.45, 7) is 3.92. The molecule has 0 aromatic heterocycles. The van der Waals surface area contributed by atoms with Crippen LogP contribution in [0.15, 0.2) is 68.7 Å². The Labute approximate surface area is 230 Å². The molecular formula is C30H32Br2N2O2. The number of piperidine rings is 1. The Kier molecular flexibility index (Phi) is 6.40. The van der Waals surface area contributed by atoms with Crippen LogP contribution in [-0.4, -0.2) is 40.2 Å². The zero-order valence-electron chi connectivity index (χ0n) is 20.7. The van der Waals surface area contributed by atoms with Gasteiger partial charge in [-0.2, -0.15) is 0 Å². The highest BCUT2D eigenvalue weighted by atomic mass is 79.9. The van der Waals surface area contributed by atoms with Crippen molar-refractivity contribution >= 4 is 43.7 Å². The lowest BCUT2D eigenvalue weighted by Gasteiger charge is -2.63. The molecule has 4 atom stereocenters. The summed E-state index contributed by atoms with van der Waals surface area (Å²) in [7, 11) is 0. The number of rotatable bonds is 2. The Morgan fingerprint density at radius 2 is 1.53 bits per heavy atom. The summed E-state index contributed by atoms with van der Waals surface area (Å²) in [5, 5.41) is 0. The van der Waals surface area contributed by atoms with Gasteiger partial charge >= 0.3 is 0 Å². The monoisotopic (exact) mass is 610 g/mol. The van der Waals surface area contributed by atoms with E-state index >= 15 is 0 Å². The zero-order valence-corrected chi connectivity index (χ0v) is 23.9. The maximum absolute atomic E-state index is 14.1. The average Bonchev–Trinajstić information content (AvgIpc) is 2.88. The Morgan fingerprint density at radius 1 is 0.889 bits per heavy atom. The molecule has 2 fully saturated rings. The van der Waals surface area contributed by atoms with E-state index in [-0.39, 0.29) is 17.4 Å². The number of halogens is 2. The summed E-state index contributed by atoms with van der Waals surface area (Å²) in [5.41, 5.74) is 3.83. The van der Waals surface area contributed by atoms with Gasteiger partial charge in [0.25, 0.3) is 11.8 Å². The second-order valence-electron chi connectivity index (χ2n) is 11.1. The second kappa shape index (κ2) is 9.43. The van der Waals surface area contributed by atoms with Gasteiger partial charge in [0, 0.05) is 38.9 Å². The van der Waals surface area contributed by atoms with E-state index in [0.29, 0.717) is 17.8 Å². The number of carbonyl (C=O) groups excluding carboxylic acids is 2. The molecule has 188 valence electrons. The fourth-order valence-corrected chi connectivity index (χ4v) is 8.36. The summed E-state index contributed by atoms with van der Waals surface area (Å²) >= 11 is 7.00. The van der Waals surface area contributed by atoms with Gasteiger partial charge in [0.15, 0.2) is 0 Å². The first-order valence-corrected chi connectivity index (χ1v) is 14.8. The number of nitrogens with zero attached hydrogens (tertiary/aromatic N) is 2. The van der Waals surface area contributed by atoms with Crippen molar-refractivity contribution in [2.75, 3.05) is 13.1 Å². The maximum atomic E-state index is 14.1. The third-order valence-electron chi connectivity index (χ3n) is 9.06. The lowest BCUT2D eigenvalue weighted by molar-refractivity contribution is -0.0541. The van der Waals surface area contributed by atoms with E-state index in [0.717, 1.165) is 65.3 Å². The number of amides is 2. The van der Waals surface area contributed by atoms with Gasteiger partial charge in [0.05, 0.1) is 5.54 Å². The van der Waals surface area contributed by atoms with E-state index in [9.17, 15) is 9.59 Å². The molecule has 2 amide bonds. The highest BCUT2D eigenvalue weighted by molar-refractivity contribution is 9.10. The molecule has 1 saturated heterocycles. The quantitative estimate of drug-likeness (QED) is 0.354. The van der Waals surface area contributed by atoms with E-state index in [1.54, 1.807) is 0 Å². The van der Waals surface area contributed by atoms with Gasteiger partial charge in [0.2, 0.25) is 0 Å². The average molecular weight is 612 g/mol. The first-order valence-electron chi connectivity index (χ1n) is 13.3. The summed E-state index contributed by atoms with van der Waals surface area (Å²) in [5.74, 6) is 1.81. The second-order valence-corrected chi connectivity index (χ2v) is 13.0. The molecule has 2 aliphatic carbocycles. The molecule has 0 unspecified atom stereocenters. The van der Waals surface area contributed by atoms with Crippen LogP contribution in [0.1, 0.15) is 72.6 Å². The predicted molar refractivity (Wildman–Crippen MR) is 149 cm³/mol. The number of likely N-dealkylation sites (tertiary alicyclic amines) is 1. The van der Waals surface area contributed by atoms with Crippen molar-refractivity contribution in [3.05, 3.63) is 79.9 Å². The molecule has 6 rings (SSSR count). The number of benzene rings is 2. The van der Waals surface area contributed by atoms with E-state index in [2.05, 4.69) is 48.6 Å². The van der Waals surface area contributed by atoms with E-state index in [4.69, 9.17) is 0 Å². The van der Waals surface area contributed by atoms with E-state index in [1.165, 1.54) is 24.1 Å². The summed E-state index contributed by atoms with van der Waals surface area (Å²) in [4.78, 5) is 32.2. The van der Waals surface area contributed by atoms with Crippen molar-refractivity contribution in [2.24, 2.45) is 17.8 Å². The van der Waals surface area contributed by atoms with Gasteiger partial charge < -0.3 is 9.80 Å². The normalized spacial score (nSPS) is 29.5. The van der Waals surface area contributed by atoms with Crippen molar-refractivity contribution in [2.45, 2.75) is 57.4 Å². The van der Waals surface area contributed by atoms with Crippen LogP contribution in [0.4, 0.5) is 0 Å². The van der Waals surface area contributed by atoms with Gasteiger partial charge in [-0.3, -0.25) is 9.59 Å². The topological polar surface area (TPSA) is 40.6 Å². The number of hydrogen-bond donors (Lipinski definition) is 0. The summed E-state index contributed by atoms with van der Waals surface area (Å²) < 4.78 is 1.96. The van der Waals surface area contributed by atoms with Gasteiger partial charge in [-0.05, 0) is 117 Å². The molecule has 2 aliphatic heterocycles. The number of hydrogen-bond acceptors (Lipinski definition) is 2. The molecule has 0 radical (unpaired) electrons. The third-order valence-corrected chi connectivity index (χ3v) is 10.1. The Morgan fingerprint density at radius 3 is 2.19 bits per heavy atom. The van der Waals surface area contributed by atoms with Crippen LogP contribution >= 0.6 is 31.9 Å². The van der Waals surface area contributed by atoms with Crippen LogP contribution in [0.3, 0.4) is 0 Å². The first-order chi connectivity index (χ1) is 17.4. The van der Waals surface area contributed by atoms with Crippen LogP contribution in [-0.2, 0) is 0 Å². The highest BCUT2D eigenvalue weighted by Crippen LogP contribution is 2.60. The molecule has 2 aromatic carbocycles. The Hall–Kier alpha value is -1.92. The van der Waals surface area contributed by atoms with E-state index < -0.39 is 0 Å². The number of allylic oxidation sites excluding steroid dienone is 1. The molecule has 0 N–H and O–H groups in total. The molecular weight excluding hydrogens is 580 g/mol. The molecule has 6 heteroatoms. The predicted octanol–water partition coefficient (Wildman–Crippen LogP) is 7.44. The largest absolute Gasteiger partial charge is 0.329 e. The SMILES string of the molecule is C[C@@H]1C[C@H]2CC3=C(CCCN3C(=O)c3ccc(Br)cc3)[C@@]3(C1)[C@@H]2CCCN3C(=O)c1ccc(Br)cc1. The van der Waals surface area contributed by atoms with Crippen molar-refractivity contribution in [1.29, 1.82) is 0 Å². The number of carbonyl (C=O) groups is 2. The molecule has 1 saturated carbocycles. The molecule has 4 nitrogen and oxygen atoms in total. The molecule has 0 spiro atoms. The fraction of sp³-hybridized carbons (Fsp3) is 0.467. The van der Waals surface area contributed by atoms with E-state index in [1.807, 2.05) is 48.5 Å². The van der Waals surface area contributed by atoms with Crippen LogP contribution in [0.25, 0.3) is 0 Å². The molecule has 2 bridgehead atoms. The smallest absolute Gasteiger partial charge is 0.258 e. The van der Waals surface area contributed by atoms with Crippen molar-refractivity contribution in [3.8, 4) is 0 Å². The van der Waals surface area contributed by atoms with Crippen LogP contribution in [0.5, 0.6) is 0 Å². The standard InChI is InChI=1S/C30H32Br2N2O2/c1-19-16-22-17-27-26(5-2-14-33(27)28(35)20-6-10-23(31)11-7-20)30(18-19)25(22)4-3-15-34(30)29(36)21-8-12-24(32)13-9-21/h6-13,19,22,25H,2-5,14-18H2,1H3/t19-,22+,25-,30-/m1/s1. The molecule has 2 heterocycles. The molecule has 36 heavy (non-hydrogen) atoms. The van der Waals surface area contributed by atoms with Gasteiger partial charge in [-0.15, -0.1) is 0 Å². The van der Waals surface area contributed by atoms with Gasteiger partial charge in [0.1, 0.15) is 0 Å². The lowest BCUT2D eigenvalue weighted by atomic mass is 9.52. The minimum absolute atomic E-state index is 0.0947. The minimum atomic E-state index is -0.267. The Bertz CT molecular complexity index is 1220. The van der Waals surface area contributed by atoms with Crippen molar-refractivity contribution in [1.82, 2.24) is 9.80 Å². The fourth-order valence-electron chi connectivity index (χ4n) is 7.83. The third kappa shape index (κ3) is 3.91. The van der Waals surface area contributed by atoms with Gasteiger partial charge in [-0.1, -0.05) is 38.8 Å². The zero-order chi connectivity index (χ0) is 25.0. The maximum Gasteiger partial charge on any atom is 0.258 e. The molecule has 2 aromatic rings. The van der Waals surface area contributed by atoms with Gasteiger partial charge in [-0.25, -0.2) is 0 Å².